The molecule has 0 bridgehead atoms. The van der Waals surface area contributed by atoms with Gasteiger partial charge in [0.1, 0.15) is 6.20 Å². The van der Waals surface area contributed by atoms with Crippen LogP contribution in [0.15, 0.2) is 30.7 Å². The van der Waals surface area contributed by atoms with Crippen molar-refractivity contribution in [3.63, 3.8) is 0 Å². The third-order valence-electron chi connectivity index (χ3n) is 3.33. The standard InChI is InChI=1S/C13H13N3O2/c17-16(18)13-8-15(9-14-13)7-10-4-5-11-2-1-3-12(11)6-10/h4-6,8-9H,1-3,7H2. The third-order valence-corrected chi connectivity index (χ3v) is 3.33. The second-order valence-electron chi connectivity index (χ2n) is 4.62. The number of aromatic nitrogens is 2. The van der Waals surface area contributed by atoms with E-state index in [1.54, 1.807) is 4.57 Å². The fourth-order valence-electron chi connectivity index (χ4n) is 2.46. The molecule has 1 aromatic carbocycles. The minimum Gasteiger partial charge on any atom is -0.358 e. The maximum Gasteiger partial charge on any atom is 0.381 e. The van der Waals surface area contributed by atoms with Gasteiger partial charge < -0.3 is 14.7 Å². The van der Waals surface area contributed by atoms with Gasteiger partial charge in [-0.05, 0) is 45.9 Å². The van der Waals surface area contributed by atoms with Gasteiger partial charge in [0.05, 0.1) is 6.54 Å². The Hall–Kier alpha value is -2.17. The Balaban J connectivity index is 1.81. The molecule has 0 fully saturated rings. The lowest BCUT2D eigenvalue weighted by Gasteiger charge is -2.04. The number of aryl methyl sites for hydroxylation is 2. The molecule has 0 N–H and O–H groups in total. The van der Waals surface area contributed by atoms with Crippen LogP contribution in [0.5, 0.6) is 0 Å². The quantitative estimate of drug-likeness (QED) is 0.614. The molecule has 2 aromatic rings. The normalized spacial score (nSPS) is 13.6. The van der Waals surface area contributed by atoms with Crippen LogP contribution >= 0.6 is 0 Å². The highest BCUT2D eigenvalue weighted by Gasteiger charge is 2.12. The largest absolute Gasteiger partial charge is 0.381 e. The zero-order chi connectivity index (χ0) is 12.5. The predicted octanol–water partition coefficient (Wildman–Crippen LogP) is 2.33. The highest BCUT2D eigenvalue weighted by Crippen LogP contribution is 2.23. The first-order chi connectivity index (χ1) is 8.72. The molecule has 5 heteroatoms. The van der Waals surface area contributed by atoms with Gasteiger partial charge in [-0.2, -0.15) is 0 Å². The first-order valence-electron chi connectivity index (χ1n) is 5.99. The Kier molecular flexibility index (Phi) is 2.59. The molecule has 0 unspecified atom stereocenters. The van der Waals surface area contributed by atoms with Crippen molar-refractivity contribution < 1.29 is 4.92 Å². The van der Waals surface area contributed by atoms with Gasteiger partial charge in [0, 0.05) is 0 Å². The summed E-state index contributed by atoms with van der Waals surface area (Å²) in [6, 6.07) is 6.47. The average Bonchev–Trinajstić information content (AvgIpc) is 2.96. The second-order valence-corrected chi connectivity index (χ2v) is 4.62. The van der Waals surface area contributed by atoms with E-state index in [0.29, 0.717) is 6.54 Å². The van der Waals surface area contributed by atoms with Crippen LogP contribution in [0.25, 0.3) is 0 Å². The molecule has 0 saturated carbocycles. The van der Waals surface area contributed by atoms with Gasteiger partial charge in [-0.15, -0.1) is 0 Å². The summed E-state index contributed by atoms with van der Waals surface area (Å²) >= 11 is 0. The van der Waals surface area contributed by atoms with Crippen molar-refractivity contribution >= 4 is 5.82 Å². The van der Waals surface area contributed by atoms with E-state index in [1.165, 1.54) is 42.1 Å². The summed E-state index contributed by atoms with van der Waals surface area (Å²) in [7, 11) is 0. The molecule has 0 radical (unpaired) electrons. The number of hydrogen-bond donors (Lipinski definition) is 0. The van der Waals surface area contributed by atoms with Crippen LogP contribution in [-0.4, -0.2) is 14.5 Å². The molecule has 1 heterocycles. The van der Waals surface area contributed by atoms with Crippen molar-refractivity contribution in [2.75, 3.05) is 0 Å². The van der Waals surface area contributed by atoms with Crippen molar-refractivity contribution in [3.05, 3.63) is 57.5 Å². The Morgan fingerprint density at radius 3 is 2.94 bits per heavy atom. The SMILES string of the molecule is O=[N+]([O-])c1cn(Cc2ccc3c(c2)CCC3)cn1. The number of nitrogens with zero attached hydrogens (tertiary/aromatic N) is 3. The molecule has 0 aliphatic heterocycles. The summed E-state index contributed by atoms with van der Waals surface area (Å²) in [5.41, 5.74) is 4.03. The molecule has 92 valence electrons. The Morgan fingerprint density at radius 1 is 1.33 bits per heavy atom. The fourth-order valence-corrected chi connectivity index (χ4v) is 2.46. The number of fused-ring (bicyclic) bond motifs is 1. The summed E-state index contributed by atoms with van der Waals surface area (Å²) in [6.45, 7) is 0.633. The summed E-state index contributed by atoms with van der Waals surface area (Å²) in [5.74, 6) is -0.101. The number of nitro groups is 1. The van der Waals surface area contributed by atoms with Gasteiger partial charge >= 0.3 is 5.82 Å². The van der Waals surface area contributed by atoms with Crippen LogP contribution in [0.2, 0.25) is 0 Å². The second kappa shape index (κ2) is 4.25. The molecule has 0 atom stereocenters. The van der Waals surface area contributed by atoms with E-state index in [-0.39, 0.29) is 5.82 Å². The zero-order valence-electron chi connectivity index (χ0n) is 9.87. The van der Waals surface area contributed by atoms with Crippen molar-refractivity contribution in [1.29, 1.82) is 0 Å². The van der Waals surface area contributed by atoms with Crippen molar-refractivity contribution in [3.8, 4) is 0 Å². The van der Waals surface area contributed by atoms with E-state index in [2.05, 4.69) is 23.2 Å². The topological polar surface area (TPSA) is 61.0 Å². The van der Waals surface area contributed by atoms with E-state index in [4.69, 9.17) is 0 Å². The van der Waals surface area contributed by atoms with Crippen LogP contribution in [-0.2, 0) is 19.4 Å². The average molecular weight is 243 g/mol. The molecule has 0 spiro atoms. The molecule has 3 rings (SSSR count). The molecular formula is C13H13N3O2. The summed E-state index contributed by atoms with van der Waals surface area (Å²) in [6.07, 6.45) is 6.52. The van der Waals surface area contributed by atoms with Gasteiger partial charge in [0.15, 0.2) is 0 Å². The van der Waals surface area contributed by atoms with E-state index in [9.17, 15) is 10.1 Å². The maximum absolute atomic E-state index is 10.5. The molecule has 1 aromatic heterocycles. The summed E-state index contributed by atoms with van der Waals surface area (Å²) in [4.78, 5) is 13.8. The molecule has 0 amide bonds. The van der Waals surface area contributed by atoms with Crippen LogP contribution < -0.4 is 0 Å². The van der Waals surface area contributed by atoms with E-state index in [1.807, 2.05) is 0 Å². The van der Waals surface area contributed by atoms with E-state index < -0.39 is 4.92 Å². The molecular weight excluding hydrogens is 230 g/mol. The van der Waals surface area contributed by atoms with Crippen LogP contribution in [0.3, 0.4) is 0 Å². The Morgan fingerprint density at radius 2 is 2.17 bits per heavy atom. The first kappa shape index (κ1) is 11.0. The van der Waals surface area contributed by atoms with Crippen LogP contribution in [0.1, 0.15) is 23.1 Å². The lowest BCUT2D eigenvalue weighted by molar-refractivity contribution is -0.389. The summed E-state index contributed by atoms with van der Waals surface area (Å²) in [5, 5.41) is 10.5. The third kappa shape index (κ3) is 1.99. The van der Waals surface area contributed by atoms with Gasteiger partial charge in [0.2, 0.25) is 6.33 Å². The fraction of sp³-hybridized carbons (Fsp3) is 0.308. The van der Waals surface area contributed by atoms with Crippen molar-refractivity contribution in [1.82, 2.24) is 9.55 Å². The zero-order valence-corrected chi connectivity index (χ0v) is 9.87. The van der Waals surface area contributed by atoms with Gasteiger partial charge in [-0.3, -0.25) is 0 Å². The lowest BCUT2D eigenvalue weighted by atomic mass is 10.1. The Bertz CT molecular complexity index is 604. The minimum atomic E-state index is -0.473. The maximum atomic E-state index is 10.5. The smallest absolute Gasteiger partial charge is 0.358 e. The van der Waals surface area contributed by atoms with Gasteiger partial charge in [-0.1, -0.05) is 18.2 Å². The first-order valence-corrected chi connectivity index (χ1v) is 5.99. The van der Waals surface area contributed by atoms with Crippen molar-refractivity contribution in [2.24, 2.45) is 0 Å². The molecule has 1 aliphatic carbocycles. The predicted molar refractivity (Wildman–Crippen MR) is 66.5 cm³/mol. The molecule has 5 nitrogen and oxygen atoms in total. The number of imidazole rings is 1. The van der Waals surface area contributed by atoms with E-state index >= 15 is 0 Å². The lowest BCUT2D eigenvalue weighted by Crippen LogP contribution is -1.97. The molecule has 0 saturated heterocycles. The highest BCUT2D eigenvalue weighted by atomic mass is 16.6. The van der Waals surface area contributed by atoms with Crippen LogP contribution in [0, 0.1) is 10.1 Å². The molecule has 1 aliphatic rings. The van der Waals surface area contributed by atoms with Gasteiger partial charge in [0.25, 0.3) is 0 Å². The number of hydrogen-bond acceptors (Lipinski definition) is 3. The number of rotatable bonds is 3. The highest BCUT2D eigenvalue weighted by molar-refractivity contribution is 5.35. The van der Waals surface area contributed by atoms with E-state index in [0.717, 1.165) is 6.42 Å². The minimum absolute atomic E-state index is 0.101. The monoisotopic (exact) mass is 243 g/mol. The number of benzene rings is 1. The van der Waals surface area contributed by atoms with Crippen molar-refractivity contribution in [2.45, 2.75) is 25.8 Å². The van der Waals surface area contributed by atoms with Crippen LogP contribution in [0.4, 0.5) is 5.82 Å². The summed E-state index contributed by atoms with van der Waals surface area (Å²) < 4.78 is 1.74. The molecule has 18 heavy (non-hydrogen) atoms. The Labute approximate surface area is 104 Å². The van der Waals surface area contributed by atoms with Gasteiger partial charge in [-0.25, -0.2) is 0 Å².